The van der Waals surface area contributed by atoms with E-state index in [0.29, 0.717) is 31.1 Å². The summed E-state index contributed by atoms with van der Waals surface area (Å²) >= 11 is 0. The van der Waals surface area contributed by atoms with Crippen molar-refractivity contribution in [3.63, 3.8) is 0 Å². The van der Waals surface area contributed by atoms with E-state index in [1.807, 2.05) is 49.1 Å². The van der Waals surface area contributed by atoms with Gasteiger partial charge in [-0.1, -0.05) is 6.07 Å². The summed E-state index contributed by atoms with van der Waals surface area (Å²) in [5.41, 5.74) is 2.75. The molecule has 1 saturated heterocycles. The number of amides is 1. The Morgan fingerprint density at radius 1 is 1.17 bits per heavy atom. The Hall–Kier alpha value is -2.47. The van der Waals surface area contributed by atoms with Crippen LogP contribution in [0.4, 0.5) is 0 Å². The minimum atomic E-state index is -0.513. The summed E-state index contributed by atoms with van der Waals surface area (Å²) in [6.07, 6.45) is 3.59. The number of ether oxygens (including phenoxy) is 1. The van der Waals surface area contributed by atoms with Crippen LogP contribution in [0.3, 0.4) is 0 Å². The number of rotatable bonds is 5. The summed E-state index contributed by atoms with van der Waals surface area (Å²) in [4.78, 5) is 23.4. The first-order valence-corrected chi connectivity index (χ1v) is 10.5. The highest BCUT2D eigenvalue weighted by Crippen LogP contribution is 2.38. The van der Waals surface area contributed by atoms with Crippen LogP contribution < -0.4 is 4.74 Å². The third kappa shape index (κ3) is 4.58. The first kappa shape index (κ1) is 19.8. The zero-order valence-electron chi connectivity index (χ0n) is 17.1. The van der Waals surface area contributed by atoms with Gasteiger partial charge >= 0.3 is 0 Å². The second-order valence-corrected chi connectivity index (χ2v) is 8.37. The molecule has 0 radical (unpaired) electrons. The molecule has 0 spiro atoms. The minimum Gasteiger partial charge on any atom is -0.486 e. The van der Waals surface area contributed by atoms with Crippen molar-refractivity contribution >= 4 is 5.91 Å². The molecule has 2 aromatic rings. The van der Waals surface area contributed by atoms with E-state index in [9.17, 15) is 9.90 Å². The van der Waals surface area contributed by atoms with E-state index in [1.54, 1.807) is 6.20 Å². The number of aryl methyl sites for hydroxylation is 3. The molecule has 0 aromatic carbocycles. The molecule has 6 heteroatoms. The minimum absolute atomic E-state index is 0.176. The van der Waals surface area contributed by atoms with Crippen molar-refractivity contribution in [2.24, 2.45) is 11.8 Å². The number of carbonyl (C=O) groups excluding carboxylic acids is 1. The molecule has 4 rings (SSSR count). The first-order chi connectivity index (χ1) is 14.0. The number of likely N-dealkylation sites (tertiary alicyclic amines) is 1. The number of hydrogen-bond acceptors (Lipinski definition) is 5. The van der Waals surface area contributed by atoms with Crippen molar-refractivity contribution in [2.75, 3.05) is 13.1 Å². The Balaban J connectivity index is 1.34. The maximum atomic E-state index is 12.7. The van der Waals surface area contributed by atoms with E-state index in [1.165, 1.54) is 0 Å². The quantitative estimate of drug-likeness (QED) is 0.842. The Bertz CT molecular complexity index is 858. The number of hydrogen-bond donors (Lipinski definition) is 1. The van der Waals surface area contributed by atoms with Crippen molar-refractivity contribution in [3.05, 3.63) is 53.6 Å². The standard InChI is InChI=1S/C23H29N3O3/c1-15-6-8-21(16(2)25-15)29-22-12-18-14-26(13-17(18)11-20(22)27)23(28)9-7-19-5-3-4-10-24-19/h3-6,8,10,17-18,20,22,27H,7,9,11-14H2,1-2H3/t17-,18+,20+,22+/m0/s1. The van der Waals surface area contributed by atoms with Crippen LogP contribution >= 0.6 is 0 Å². The van der Waals surface area contributed by atoms with Gasteiger partial charge < -0.3 is 14.7 Å². The topological polar surface area (TPSA) is 75.5 Å². The smallest absolute Gasteiger partial charge is 0.222 e. The molecule has 2 aromatic heterocycles. The molecule has 3 heterocycles. The summed E-state index contributed by atoms with van der Waals surface area (Å²) in [7, 11) is 0. The second-order valence-electron chi connectivity index (χ2n) is 8.37. The first-order valence-electron chi connectivity index (χ1n) is 10.5. The van der Waals surface area contributed by atoms with E-state index < -0.39 is 6.10 Å². The summed E-state index contributed by atoms with van der Waals surface area (Å²) in [5.74, 6) is 1.64. The fourth-order valence-corrected chi connectivity index (χ4v) is 4.62. The van der Waals surface area contributed by atoms with E-state index in [2.05, 4.69) is 9.97 Å². The Kier molecular flexibility index (Phi) is 5.81. The Morgan fingerprint density at radius 2 is 1.97 bits per heavy atom. The van der Waals surface area contributed by atoms with Crippen LogP contribution in [0.25, 0.3) is 0 Å². The fourth-order valence-electron chi connectivity index (χ4n) is 4.62. The highest BCUT2D eigenvalue weighted by molar-refractivity contribution is 5.76. The predicted octanol–water partition coefficient (Wildman–Crippen LogP) is 2.70. The van der Waals surface area contributed by atoms with Crippen LogP contribution in [0.2, 0.25) is 0 Å². The van der Waals surface area contributed by atoms with Gasteiger partial charge in [-0.15, -0.1) is 0 Å². The zero-order chi connectivity index (χ0) is 20.4. The molecule has 1 N–H and O–H groups in total. The van der Waals surface area contributed by atoms with Gasteiger partial charge in [0.25, 0.3) is 0 Å². The third-order valence-electron chi connectivity index (χ3n) is 6.21. The van der Waals surface area contributed by atoms with Crippen molar-refractivity contribution < 1.29 is 14.6 Å². The van der Waals surface area contributed by atoms with Gasteiger partial charge in [-0.3, -0.25) is 14.8 Å². The van der Waals surface area contributed by atoms with E-state index in [4.69, 9.17) is 4.74 Å². The molecule has 0 bridgehead atoms. The molecule has 0 unspecified atom stereocenters. The molecule has 4 atom stereocenters. The summed E-state index contributed by atoms with van der Waals surface area (Å²) < 4.78 is 6.14. The van der Waals surface area contributed by atoms with Gasteiger partial charge in [0.05, 0.1) is 11.8 Å². The zero-order valence-corrected chi connectivity index (χ0v) is 17.1. The largest absolute Gasteiger partial charge is 0.486 e. The molecule has 2 fully saturated rings. The van der Waals surface area contributed by atoms with E-state index in [0.717, 1.165) is 42.3 Å². The number of aliphatic hydroxyl groups is 1. The lowest BCUT2D eigenvalue weighted by atomic mass is 9.78. The molecule has 29 heavy (non-hydrogen) atoms. The fraction of sp³-hybridized carbons (Fsp3) is 0.522. The van der Waals surface area contributed by atoms with Gasteiger partial charge in [0.1, 0.15) is 11.9 Å². The van der Waals surface area contributed by atoms with Gasteiger partial charge in [0.15, 0.2) is 0 Å². The van der Waals surface area contributed by atoms with Crippen LogP contribution in [0.5, 0.6) is 5.75 Å². The van der Waals surface area contributed by atoms with Crippen LogP contribution in [0.1, 0.15) is 36.3 Å². The average Bonchev–Trinajstić information content (AvgIpc) is 3.12. The highest BCUT2D eigenvalue weighted by atomic mass is 16.5. The van der Waals surface area contributed by atoms with Gasteiger partial charge in [0, 0.05) is 37.1 Å². The van der Waals surface area contributed by atoms with Gasteiger partial charge in [-0.25, -0.2) is 0 Å². The van der Waals surface area contributed by atoms with E-state index in [-0.39, 0.29) is 12.0 Å². The monoisotopic (exact) mass is 395 g/mol. The lowest BCUT2D eigenvalue weighted by Crippen LogP contribution is -2.42. The molecule has 6 nitrogen and oxygen atoms in total. The third-order valence-corrected chi connectivity index (χ3v) is 6.21. The number of aliphatic hydroxyl groups excluding tert-OH is 1. The van der Waals surface area contributed by atoms with Crippen LogP contribution in [-0.2, 0) is 11.2 Å². The number of pyridine rings is 2. The molecule has 2 aliphatic rings. The van der Waals surface area contributed by atoms with Gasteiger partial charge in [-0.2, -0.15) is 0 Å². The summed E-state index contributed by atoms with van der Waals surface area (Å²) in [6.45, 7) is 5.37. The molecular weight excluding hydrogens is 366 g/mol. The maximum absolute atomic E-state index is 12.7. The summed E-state index contributed by atoms with van der Waals surface area (Å²) in [6, 6.07) is 9.65. The van der Waals surface area contributed by atoms with Crippen LogP contribution in [-0.4, -0.2) is 51.2 Å². The predicted molar refractivity (Wildman–Crippen MR) is 109 cm³/mol. The lowest BCUT2D eigenvalue weighted by Gasteiger charge is -2.35. The van der Waals surface area contributed by atoms with Crippen LogP contribution in [0, 0.1) is 25.7 Å². The lowest BCUT2D eigenvalue weighted by molar-refractivity contribution is -0.130. The SMILES string of the molecule is Cc1ccc(O[C@@H]2C[C@@H]3CN(C(=O)CCc4ccccn4)C[C@@H]3C[C@H]2O)c(C)n1. The summed E-state index contributed by atoms with van der Waals surface area (Å²) in [5, 5.41) is 10.6. The molecule has 1 aliphatic carbocycles. The van der Waals surface area contributed by atoms with Gasteiger partial charge in [-0.05, 0) is 69.2 Å². The van der Waals surface area contributed by atoms with E-state index >= 15 is 0 Å². The highest BCUT2D eigenvalue weighted by Gasteiger charge is 2.43. The Morgan fingerprint density at radius 3 is 2.69 bits per heavy atom. The number of fused-ring (bicyclic) bond motifs is 1. The molecule has 1 aliphatic heterocycles. The van der Waals surface area contributed by atoms with Gasteiger partial charge in [0.2, 0.25) is 5.91 Å². The van der Waals surface area contributed by atoms with Crippen molar-refractivity contribution in [2.45, 2.75) is 51.7 Å². The molecule has 1 saturated carbocycles. The molecule has 1 amide bonds. The Labute approximate surface area is 171 Å². The number of nitrogens with zero attached hydrogens (tertiary/aromatic N) is 3. The van der Waals surface area contributed by atoms with Crippen LogP contribution in [0.15, 0.2) is 36.5 Å². The number of carbonyl (C=O) groups is 1. The van der Waals surface area contributed by atoms with Crippen molar-refractivity contribution in [1.29, 1.82) is 0 Å². The maximum Gasteiger partial charge on any atom is 0.222 e. The second kappa shape index (κ2) is 8.49. The average molecular weight is 396 g/mol. The normalized spacial score (nSPS) is 26.2. The van der Waals surface area contributed by atoms with Crippen molar-refractivity contribution in [1.82, 2.24) is 14.9 Å². The number of aromatic nitrogens is 2. The van der Waals surface area contributed by atoms with Crippen molar-refractivity contribution in [3.8, 4) is 5.75 Å². The molecule has 154 valence electrons. The molecular formula is C23H29N3O3.